The zero-order valence-electron chi connectivity index (χ0n) is 8.45. The molecule has 1 atom stereocenters. The van der Waals surface area contributed by atoms with Crippen LogP contribution in [-0.4, -0.2) is 29.5 Å². The van der Waals surface area contributed by atoms with Crippen LogP contribution < -0.4 is 5.32 Å². The van der Waals surface area contributed by atoms with Gasteiger partial charge in [-0.1, -0.05) is 0 Å². The van der Waals surface area contributed by atoms with E-state index in [9.17, 15) is 0 Å². The SMILES string of the molecule is COC(C)CNCc1ccn(C)n1. The fourth-order valence-corrected chi connectivity index (χ4v) is 1.04. The van der Waals surface area contributed by atoms with E-state index in [1.165, 1.54) is 0 Å². The molecular formula is C9H17N3O. The van der Waals surface area contributed by atoms with E-state index in [1.54, 1.807) is 11.8 Å². The first-order valence-electron chi connectivity index (χ1n) is 4.44. The van der Waals surface area contributed by atoms with E-state index in [0.717, 1.165) is 18.8 Å². The molecule has 1 rings (SSSR count). The minimum atomic E-state index is 0.253. The molecule has 4 heteroatoms. The summed E-state index contributed by atoms with van der Waals surface area (Å²) in [5, 5.41) is 7.51. The number of aryl methyl sites for hydroxylation is 1. The lowest BCUT2D eigenvalue weighted by molar-refractivity contribution is 0.117. The highest BCUT2D eigenvalue weighted by molar-refractivity contribution is 4.97. The third kappa shape index (κ3) is 3.57. The smallest absolute Gasteiger partial charge is 0.0762 e. The number of methoxy groups -OCH3 is 1. The predicted octanol–water partition coefficient (Wildman–Crippen LogP) is 0.545. The molecular weight excluding hydrogens is 166 g/mol. The van der Waals surface area contributed by atoms with Crippen LogP contribution in [0.1, 0.15) is 12.6 Å². The Morgan fingerprint density at radius 2 is 2.46 bits per heavy atom. The predicted molar refractivity (Wildman–Crippen MR) is 51.4 cm³/mol. The molecule has 0 bridgehead atoms. The normalized spacial score (nSPS) is 13.2. The summed E-state index contributed by atoms with van der Waals surface area (Å²) in [5.74, 6) is 0. The van der Waals surface area contributed by atoms with Gasteiger partial charge in [-0.15, -0.1) is 0 Å². The lowest BCUT2D eigenvalue weighted by Crippen LogP contribution is -2.25. The van der Waals surface area contributed by atoms with Gasteiger partial charge in [-0.25, -0.2) is 0 Å². The minimum Gasteiger partial charge on any atom is -0.380 e. The fourth-order valence-electron chi connectivity index (χ4n) is 1.04. The largest absolute Gasteiger partial charge is 0.380 e. The van der Waals surface area contributed by atoms with Crippen molar-refractivity contribution in [3.05, 3.63) is 18.0 Å². The third-order valence-electron chi connectivity index (χ3n) is 1.91. The van der Waals surface area contributed by atoms with Gasteiger partial charge in [-0.3, -0.25) is 4.68 Å². The van der Waals surface area contributed by atoms with E-state index >= 15 is 0 Å². The zero-order valence-corrected chi connectivity index (χ0v) is 8.45. The highest BCUT2D eigenvalue weighted by Gasteiger charge is 1.99. The third-order valence-corrected chi connectivity index (χ3v) is 1.91. The van der Waals surface area contributed by atoms with E-state index < -0.39 is 0 Å². The minimum absolute atomic E-state index is 0.253. The second-order valence-electron chi connectivity index (χ2n) is 3.16. The van der Waals surface area contributed by atoms with Crippen molar-refractivity contribution in [3.8, 4) is 0 Å². The van der Waals surface area contributed by atoms with Crippen LogP contribution in [0.3, 0.4) is 0 Å². The van der Waals surface area contributed by atoms with Crippen LogP contribution in [0.25, 0.3) is 0 Å². The van der Waals surface area contributed by atoms with Gasteiger partial charge in [0.1, 0.15) is 0 Å². The molecule has 1 heterocycles. The maximum atomic E-state index is 5.11. The Bertz CT molecular complexity index is 247. The number of hydrogen-bond acceptors (Lipinski definition) is 3. The van der Waals surface area contributed by atoms with Crippen molar-refractivity contribution in [2.75, 3.05) is 13.7 Å². The van der Waals surface area contributed by atoms with Crippen molar-refractivity contribution in [1.82, 2.24) is 15.1 Å². The van der Waals surface area contributed by atoms with Gasteiger partial charge in [0.25, 0.3) is 0 Å². The molecule has 0 saturated heterocycles. The number of aromatic nitrogens is 2. The summed E-state index contributed by atoms with van der Waals surface area (Å²) in [6.07, 6.45) is 2.19. The van der Waals surface area contributed by atoms with Gasteiger partial charge in [0, 0.05) is 33.4 Å². The van der Waals surface area contributed by atoms with E-state index in [-0.39, 0.29) is 6.10 Å². The van der Waals surface area contributed by atoms with E-state index in [1.807, 2.05) is 26.2 Å². The zero-order chi connectivity index (χ0) is 9.68. The number of rotatable bonds is 5. The summed E-state index contributed by atoms with van der Waals surface area (Å²) in [4.78, 5) is 0. The molecule has 0 aromatic carbocycles. The van der Waals surface area contributed by atoms with E-state index in [2.05, 4.69) is 10.4 Å². The Labute approximate surface area is 78.9 Å². The summed E-state index contributed by atoms with van der Waals surface area (Å²) in [5.41, 5.74) is 1.06. The standard InChI is InChI=1S/C9H17N3O/c1-8(13-3)6-10-7-9-4-5-12(2)11-9/h4-5,8,10H,6-7H2,1-3H3. The topological polar surface area (TPSA) is 39.1 Å². The van der Waals surface area contributed by atoms with E-state index in [4.69, 9.17) is 4.74 Å². The van der Waals surface area contributed by atoms with Crippen molar-refractivity contribution < 1.29 is 4.74 Å². The van der Waals surface area contributed by atoms with Crippen molar-refractivity contribution in [3.63, 3.8) is 0 Å². The average Bonchev–Trinajstić information content (AvgIpc) is 2.51. The molecule has 0 radical (unpaired) electrons. The second kappa shape index (κ2) is 4.99. The molecule has 0 aliphatic heterocycles. The Balaban J connectivity index is 2.20. The Morgan fingerprint density at radius 3 is 3.00 bits per heavy atom. The molecule has 74 valence electrons. The molecule has 4 nitrogen and oxygen atoms in total. The van der Waals surface area contributed by atoms with Crippen LogP contribution in [0.2, 0.25) is 0 Å². The monoisotopic (exact) mass is 183 g/mol. The van der Waals surface area contributed by atoms with Gasteiger partial charge in [0.05, 0.1) is 11.8 Å². The first-order valence-corrected chi connectivity index (χ1v) is 4.44. The molecule has 0 amide bonds. The van der Waals surface area contributed by atoms with Gasteiger partial charge < -0.3 is 10.1 Å². The van der Waals surface area contributed by atoms with Gasteiger partial charge in [-0.05, 0) is 13.0 Å². The van der Waals surface area contributed by atoms with Crippen LogP contribution in [0, 0.1) is 0 Å². The van der Waals surface area contributed by atoms with E-state index in [0.29, 0.717) is 0 Å². The van der Waals surface area contributed by atoms with Crippen LogP contribution >= 0.6 is 0 Å². The molecule has 0 saturated carbocycles. The van der Waals surface area contributed by atoms with Crippen LogP contribution in [-0.2, 0) is 18.3 Å². The number of ether oxygens (including phenoxy) is 1. The van der Waals surface area contributed by atoms with Crippen LogP contribution in [0.4, 0.5) is 0 Å². The Kier molecular flexibility index (Phi) is 3.92. The maximum Gasteiger partial charge on any atom is 0.0762 e. The lowest BCUT2D eigenvalue weighted by atomic mass is 10.4. The Hall–Kier alpha value is -0.870. The highest BCUT2D eigenvalue weighted by atomic mass is 16.5. The first-order chi connectivity index (χ1) is 6.22. The summed E-state index contributed by atoms with van der Waals surface area (Å²) < 4.78 is 6.91. The fraction of sp³-hybridized carbons (Fsp3) is 0.667. The molecule has 1 aromatic heterocycles. The summed E-state index contributed by atoms with van der Waals surface area (Å²) in [7, 11) is 3.63. The van der Waals surface area contributed by atoms with Gasteiger partial charge in [-0.2, -0.15) is 5.10 Å². The lowest BCUT2D eigenvalue weighted by Gasteiger charge is -2.09. The van der Waals surface area contributed by atoms with Crippen molar-refractivity contribution in [1.29, 1.82) is 0 Å². The van der Waals surface area contributed by atoms with Crippen LogP contribution in [0.15, 0.2) is 12.3 Å². The molecule has 0 fully saturated rings. The molecule has 0 aliphatic rings. The maximum absolute atomic E-state index is 5.11. The second-order valence-corrected chi connectivity index (χ2v) is 3.16. The molecule has 0 spiro atoms. The summed E-state index contributed by atoms with van der Waals surface area (Å²) in [6.45, 7) is 3.69. The number of nitrogens with one attached hydrogen (secondary N) is 1. The molecule has 1 aromatic rings. The number of nitrogens with zero attached hydrogens (tertiary/aromatic N) is 2. The number of hydrogen-bond donors (Lipinski definition) is 1. The van der Waals surface area contributed by atoms with Gasteiger partial charge in [0.15, 0.2) is 0 Å². The van der Waals surface area contributed by atoms with Crippen molar-refractivity contribution >= 4 is 0 Å². The highest BCUT2D eigenvalue weighted by Crippen LogP contribution is 1.93. The Morgan fingerprint density at radius 1 is 1.69 bits per heavy atom. The molecule has 13 heavy (non-hydrogen) atoms. The quantitative estimate of drug-likeness (QED) is 0.724. The summed E-state index contributed by atoms with van der Waals surface area (Å²) >= 11 is 0. The average molecular weight is 183 g/mol. The van der Waals surface area contributed by atoms with Crippen molar-refractivity contribution in [2.45, 2.75) is 19.6 Å². The molecule has 1 unspecified atom stereocenters. The van der Waals surface area contributed by atoms with Gasteiger partial charge >= 0.3 is 0 Å². The summed E-state index contributed by atoms with van der Waals surface area (Å²) in [6, 6.07) is 2.00. The first kappa shape index (κ1) is 10.2. The van der Waals surface area contributed by atoms with Crippen molar-refractivity contribution in [2.24, 2.45) is 7.05 Å². The van der Waals surface area contributed by atoms with Crippen LogP contribution in [0.5, 0.6) is 0 Å². The molecule has 1 N–H and O–H groups in total. The molecule has 0 aliphatic carbocycles. The van der Waals surface area contributed by atoms with Gasteiger partial charge in [0.2, 0.25) is 0 Å².